The van der Waals surface area contributed by atoms with Gasteiger partial charge < -0.3 is 10.5 Å². The van der Waals surface area contributed by atoms with Gasteiger partial charge in [-0.15, -0.1) is 0 Å². The standard InChI is InChI=1S/C20H25N3O/c1-4-18(23-19-8-6-5-7-16(19)13-22-23)9-10-24-20-14(2)11-17(21)12-15(20)3/h5-8,11-13,18H,4,9-10,21H2,1-3H3. The van der Waals surface area contributed by atoms with E-state index in [1.807, 2.05) is 38.2 Å². The second kappa shape index (κ2) is 6.95. The van der Waals surface area contributed by atoms with E-state index in [-0.39, 0.29) is 0 Å². The molecule has 0 aliphatic rings. The van der Waals surface area contributed by atoms with E-state index < -0.39 is 0 Å². The number of ether oxygens (including phenoxy) is 1. The molecular formula is C20H25N3O. The molecule has 0 saturated heterocycles. The number of anilines is 1. The number of rotatable bonds is 6. The summed E-state index contributed by atoms with van der Waals surface area (Å²) in [5.74, 6) is 0.948. The van der Waals surface area contributed by atoms with Crippen LogP contribution in [0.2, 0.25) is 0 Å². The Balaban J connectivity index is 1.71. The van der Waals surface area contributed by atoms with Gasteiger partial charge in [-0.2, -0.15) is 5.10 Å². The van der Waals surface area contributed by atoms with Crippen molar-refractivity contribution >= 4 is 16.6 Å². The van der Waals surface area contributed by atoms with Gasteiger partial charge in [0.05, 0.1) is 24.4 Å². The van der Waals surface area contributed by atoms with E-state index >= 15 is 0 Å². The largest absolute Gasteiger partial charge is 0.493 e. The summed E-state index contributed by atoms with van der Waals surface area (Å²) in [5.41, 5.74) is 10.0. The molecule has 0 fully saturated rings. The van der Waals surface area contributed by atoms with Crippen molar-refractivity contribution in [2.75, 3.05) is 12.3 Å². The Morgan fingerprint density at radius 2 is 1.88 bits per heavy atom. The molecule has 2 N–H and O–H groups in total. The van der Waals surface area contributed by atoms with Crippen molar-refractivity contribution < 1.29 is 4.74 Å². The first kappa shape index (κ1) is 16.4. The SMILES string of the molecule is CCC(CCOc1c(C)cc(N)cc1C)n1ncc2ccccc21. The summed E-state index contributed by atoms with van der Waals surface area (Å²) in [5, 5.41) is 5.77. The number of para-hydroxylation sites is 1. The number of benzene rings is 2. The van der Waals surface area contributed by atoms with Crippen LogP contribution < -0.4 is 10.5 Å². The van der Waals surface area contributed by atoms with Crippen LogP contribution in [-0.2, 0) is 0 Å². The number of nitrogens with two attached hydrogens (primary N) is 1. The highest BCUT2D eigenvalue weighted by molar-refractivity contribution is 5.78. The second-order valence-electron chi connectivity index (χ2n) is 6.33. The first-order chi connectivity index (χ1) is 11.6. The van der Waals surface area contributed by atoms with Crippen LogP contribution in [0.5, 0.6) is 5.75 Å². The number of aromatic nitrogens is 2. The Bertz CT molecular complexity index is 815. The molecule has 1 atom stereocenters. The van der Waals surface area contributed by atoms with Gasteiger partial charge in [-0.3, -0.25) is 4.68 Å². The van der Waals surface area contributed by atoms with Gasteiger partial charge in [-0.05, 0) is 49.6 Å². The molecule has 0 bridgehead atoms. The van der Waals surface area contributed by atoms with Crippen molar-refractivity contribution in [1.82, 2.24) is 9.78 Å². The third kappa shape index (κ3) is 3.23. The Labute approximate surface area is 143 Å². The topological polar surface area (TPSA) is 53.1 Å². The summed E-state index contributed by atoms with van der Waals surface area (Å²) in [7, 11) is 0. The monoisotopic (exact) mass is 323 g/mol. The lowest BCUT2D eigenvalue weighted by atomic mass is 10.1. The van der Waals surface area contributed by atoms with E-state index in [0.29, 0.717) is 12.6 Å². The van der Waals surface area contributed by atoms with Crippen LogP contribution in [0.25, 0.3) is 10.9 Å². The number of aryl methyl sites for hydroxylation is 2. The second-order valence-corrected chi connectivity index (χ2v) is 6.33. The van der Waals surface area contributed by atoms with Crippen LogP contribution in [-0.4, -0.2) is 16.4 Å². The van der Waals surface area contributed by atoms with Crippen molar-refractivity contribution in [3.63, 3.8) is 0 Å². The summed E-state index contributed by atoms with van der Waals surface area (Å²) < 4.78 is 8.19. The maximum absolute atomic E-state index is 6.07. The molecule has 24 heavy (non-hydrogen) atoms. The van der Waals surface area contributed by atoms with Crippen molar-refractivity contribution in [3.8, 4) is 5.75 Å². The van der Waals surface area contributed by atoms with Crippen LogP contribution in [0.4, 0.5) is 5.69 Å². The molecule has 3 rings (SSSR count). The molecule has 0 aliphatic heterocycles. The highest BCUT2D eigenvalue weighted by Crippen LogP contribution is 2.27. The molecule has 0 radical (unpaired) electrons. The summed E-state index contributed by atoms with van der Waals surface area (Å²) in [6.07, 6.45) is 3.88. The Kier molecular flexibility index (Phi) is 4.74. The fourth-order valence-electron chi connectivity index (χ4n) is 3.29. The van der Waals surface area contributed by atoms with Crippen molar-refractivity contribution in [2.24, 2.45) is 0 Å². The van der Waals surface area contributed by atoms with E-state index in [2.05, 4.69) is 34.9 Å². The maximum Gasteiger partial charge on any atom is 0.125 e. The first-order valence-electron chi connectivity index (χ1n) is 8.52. The van der Waals surface area contributed by atoms with Gasteiger partial charge >= 0.3 is 0 Å². The van der Waals surface area contributed by atoms with E-state index in [9.17, 15) is 0 Å². The van der Waals surface area contributed by atoms with E-state index in [1.165, 1.54) is 10.9 Å². The summed E-state index contributed by atoms with van der Waals surface area (Å²) >= 11 is 0. The lowest BCUT2D eigenvalue weighted by Gasteiger charge is -2.19. The molecule has 4 heteroatoms. The Hall–Kier alpha value is -2.49. The smallest absolute Gasteiger partial charge is 0.125 e. The molecule has 4 nitrogen and oxygen atoms in total. The minimum absolute atomic E-state index is 0.333. The first-order valence-corrected chi connectivity index (χ1v) is 8.52. The van der Waals surface area contributed by atoms with Crippen molar-refractivity contribution in [2.45, 2.75) is 39.7 Å². The van der Waals surface area contributed by atoms with E-state index in [1.54, 1.807) is 0 Å². The molecule has 2 aromatic carbocycles. The molecule has 0 amide bonds. The molecule has 0 spiro atoms. The van der Waals surface area contributed by atoms with E-state index in [0.717, 1.165) is 35.4 Å². The van der Waals surface area contributed by atoms with Crippen LogP contribution in [0.3, 0.4) is 0 Å². The van der Waals surface area contributed by atoms with Gasteiger partial charge in [0, 0.05) is 17.5 Å². The number of nitrogens with zero attached hydrogens (tertiary/aromatic N) is 2. The zero-order chi connectivity index (χ0) is 17.1. The van der Waals surface area contributed by atoms with Gasteiger partial charge in [0.25, 0.3) is 0 Å². The molecular weight excluding hydrogens is 298 g/mol. The number of nitrogen functional groups attached to an aromatic ring is 1. The third-order valence-electron chi connectivity index (χ3n) is 4.50. The minimum Gasteiger partial charge on any atom is -0.493 e. The van der Waals surface area contributed by atoms with E-state index in [4.69, 9.17) is 10.5 Å². The lowest BCUT2D eigenvalue weighted by Crippen LogP contribution is -2.14. The Morgan fingerprint density at radius 1 is 1.17 bits per heavy atom. The molecule has 1 unspecified atom stereocenters. The maximum atomic E-state index is 6.07. The van der Waals surface area contributed by atoms with Gasteiger partial charge in [-0.25, -0.2) is 0 Å². The number of hydrogen-bond acceptors (Lipinski definition) is 3. The molecule has 1 aromatic heterocycles. The molecule has 0 aliphatic carbocycles. The fraction of sp³-hybridized carbons (Fsp3) is 0.350. The fourth-order valence-corrected chi connectivity index (χ4v) is 3.29. The highest BCUT2D eigenvalue weighted by atomic mass is 16.5. The number of hydrogen-bond donors (Lipinski definition) is 1. The zero-order valence-corrected chi connectivity index (χ0v) is 14.6. The summed E-state index contributed by atoms with van der Waals surface area (Å²) in [6, 6.07) is 12.6. The van der Waals surface area contributed by atoms with Crippen LogP contribution in [0, 0.1) is 13.8 Å². The van der Waals surface area contributed by atoms with Gasteiger partial charge in [-0.1, -0.05) is 25.1 Å². The van der Waals surface area contributed by atoms with Gasteiger partial charge in [0.15, 0.2) is 0 Å². The average Bonchev–Trinajstić information content (AvgIpc) is 2.97. The van der Waals surface area contributed by atoms with Crippen molar-refractivity contribution in [1.29, 1.82) is 0 Å². The molecule has 1 heterocycles. The summed E-state index contributed by atoms with van der Waals surface area (Å²) in [4.78, 5) is 0. The lowest BCUT2D eigenvalue weighted by molar-refractivity contribution is 0.267. The highest BCUT2D eigenvalue weighted by Gasteiger charge is 2.14. The Morgan fingerprint density at radius 3 is 2.58 bits per heavy atom. The predicted molar refractivity (Wildman–Crippen MR) is 99.5 cm³/mol. The number of fused-ring (bicyclic) bond motifs is 1. The predicted octanol–water partition coefficient (Wildman–Crippen LogP) is 4.66. The van der Waals surface area contributed by atoms with Gasteiger partial charge in [0.2, 0.25) is 0 Å². The quantitative estimate of drug-likeness (QED) is 0.671. The van der Waals surface area contributed by atoms with Crippen LogP contribution >= 0.6 is 0 Å². The van der Waals surface area contributed by atoms with Gasteiger partial charge in [0.1, 0.15) is 5.75 Å². The van der Waals surface area contributed by atoms with Crippen LogP contribution in [0.15, 0.2) is 42.6 Å². The normalized spacial score (nSPS) is 12.5. The molecule has 0 saturated carbocycles. The minimum atomic E-state index is 0.333. The molecule has 3 aromatic rings. The third-order valence-corrected chi connectivity index (χ3v) is 4.50. The van der Waals surface area contributed by atoms with Crippen molar-refractivity contribution in [3.05, 3.63) is 53.7 Å². The van der Waals surface area contributed by atoms with Crippen LogP contribution in [0.1, 0.15) is 36.9 Å². The summed E-state index contributed by atoms with van der Waals surface area (Å²) in [6.45, 7) is 6.94. The average molecular weight is 323 g/mol. The molecule has 126 valence electrons. The zero-order valence-electron chi connectivity index (χ0n) is 14.6.